The molecule has 0 aromatic heterocycles. The summed E-state index contributed by atoms with van der Waals surface area (Å²) in [6.07, 6.45) is 2.04. The molecule has 0 saturated carbocycles. The summed E-state index contributed by atoms with van der Waals surface area (Å²) in [5.74, 6) is 0.875. The first-order chi connectivity index (χ1) is 10.3. The number of guanidine groups is 1. The summed E-state index contributed by atoms with van der Waals surface area (Å²) in [5, 5.41) is 6.63. The Bertz CT molecular complexity index is 424. The third-order valence-electron chi connectivity index (χ3n) is 3.21. The maximum atomic E-state index is 5.33. The zero-order chi connectivity index (χ0) is 15.3. The molecule has 2 N–H and O–H groups in total. The first-order valence-electron chi connectivity index (χ1n) is 7.98. The molecule has 0 saturated heterocycles. The first-order valence-corrected chi connectivity index (χ1v) is 7.98. The molecule has 0 aliphatic carbocycles. The highest BCUT2D eigenvalue weighted by atomic mass is 127. The highest BCUT2D eigenvalue weighted by molar-refractivity contribution is 14.0. The molecule has 0 aliphatic rings. The zero-order valence-electron chi connectivity index (χ0n) is 14.0. The quantitative estimate of drug-likeness (QED) is 0.279. The van der Waals surface area contributed by atoms with Crippen LogP contribution in [-0.4, -0.2) is 32.3 Å². The molecule has 0 amide bonds. The standard InChI is InChI=1S/C17H29N3O.HI/c1-4-15-10-7-8-11-16(15)14-20-17(18-5-2)19-12-9-13-21-6-3;/h7-8,10-11H,4-6,9,12-14H2,1-3H3,(H2,18,19,20);1H. The van der Waals surface area contributed by atoms with E-state index in [0.29, 0.717) is 6.54 Å². The van der Waals surface area contributed by atoms with Gasteiger partial charge in [0.15, 0.2) is 5.96 Å². The third-order valence-corrected chi connectivity index (χ3v) is 3.21. The van der Waals surface area contributed by atoms with Crippen molar-refractivity contribution in [1.29, 1.82) is 0 Å². The number of rotatable bonds is 9. The van der Waals surface area contributed by atoms with Gasteiger partial charge in [-0.1, -0.05) is 31.2 Å². The van der Waals surface area contributed by atoms with E-state index in [-0.39, 0.29) is 24.0 Å². The molecule has 126 valence electrons. The molecule has 0 bridgehead atoms. The highest BCUT2D eigenvalue weighted by Crippen LogP contribution is 2.10. The Balaban J connectivity index is 0.00000441. The lowest BCUT2D eigenvalue weighted by Gasteiger charge is -2.12. The number of ether oxygens (including phenoxy) is 1. The summed E-state index contributed by atoms with van der Waals surface area (Å²) >= 11 is 0. The first kappa shape index (κ1) is 21.2. The summed E-state index contributed by atoms with van der Waals surface area (Å²) in [7, 11) is 0. The average molecular weight is 419 g/mol. The van der Waals surface area contributed by atoms with Crippen molar-refractivity contribution in [3.05, 3.63) is 35.4 Å². The van der Waals surface area contributed by atoms with E-state index in [4.69, 9.17) is 4.74 Å². The van der Waals surface area contributed by atoms with Crippen LogP contribution in [-0.2, 0) is 17.7 Å². The van der Waals surface area contributed by atoms with Crippen molar-refractivity contribution in [2.45, 2.75) is 40.2 Å². The second kappa shape index (κ2) is 13.8. The van der Waals surface area contributed by atoms with Crippen molar-refractivity contribution in [3.63, 3.8) is 0 Å². The topological polar surface area (TPSA) is 45.7 Å². The van der Waals surface area contributed by atoms with E-state index >= 15 is 0 Å². The van der Waals surface area contributed by atoms with Crippen LogP contribution in [0.5, 0.6) is 0 Å². The van der Waals surface area contributed by atoms with Crippen molar-refractivity contribution in [2.75, 3.05) is 26.3 Å². The Morgan fingerprint density at radius 1 is 1.09 bits per heavy atom. The van der Waals surface area contributed by atoms with Crippen LogP contribution in [0.25, 0.3) is 0 Å². The molecule has 0 heterocycles. The molecule has 1 aromatic rings. The second-order valence-corrected chi connectivity index (χ2v) is 4.79. The van der Waals surface area contributed by atoms with Crippen molar-refractivity contribution < 1.29 is 4.74 Å². The summed E-state index contributed by atoms with van der Waals surface area (Å²) in [6.45, 7) is 10.3. The van der Waals surface area contributed by atoms with E-state index in [2.05, 4.69) is 53.7 Å². The van der Waals surface area contributed by atoms with E-state index < -0.39 is 0 Å². The zero-order valence-corrected chi connectivity index (χ0v) is 16.4. The lowest BCUT2D eigenvalue weighted by atomic mass is 10.1. The maximum Gasteiger partial charge on any atom is 0.191 e. The van der Waals surface area contributed by atoms with Crippen LogP contribution >= 0.6 is 24.0 Å². The van der Waals surface area contributed by atoms with E-state index in [1.165, 1.54) is 11.1 Å². The van der Waals surface area contributed by atoms with Gasteiger partial charge in [-0.05, 0) is 37.8 Å². The molecule has 0 fully saturated rings. The lowest BCUT2D eigenvalue weighted by molar-refractivity contribution is 0.145. The van der Waals surface area contributed by atoms with Crippen molar-refractivity contribution >= 4 is 29.9 Å². The minimum absolute atomic E-state index is 0. The molecule has 4 nitrogen and oxygen atoms in total. The van der Waals surface area contributed by atoms with Crippen molar-refractivity contribution in [2.24, 2.45) is 4.99 Å². The number of hydrogen-bond acceptors (Lipinski definition) is 2. The van der Waals surface area contributed by atoms with E-state index in [9.17, 15) is 0 Å². The fourth-order valence-corrected chi connectivity index (χ4v) is 2.09. The summed E-state index contributed by atoms with van der Waals surface area (Å²) in [5.41, 5.74) is 2.67. The molecule has 5 heteroatoms. The molecule has 22 heavy (non-hydrogen) atoms. The van der Waals surface area contributed by atoms with Gasteiger partial charge in [0.2, 0.25) is 0 Å². The molecule has 0 unspecified atom stereocenters. The average Bonchev–Trinajstić information content (AvgIpc) is 2.52. The normalized spacial score (nSPS) is 11.0. The van der Waals surface area contributed by atoms with Gasteiger partial charge in [-0.2, -0.15) is 0 Å². The Morgan fingerprint density at radius 3 is 2.45 bits per heavy atom. The van der Waals surface area contributed by atoms with E-state index in [1.807, 2.05) is 6.92 Å². The summed E-state index contributed by atoms with van der Waals surface area (Å²) in [6, 6.07) is 8.49. The van der Waals surface area contributed by atoms with Gasteiger partial charge in [-0.25, -0.2) is 4.99 Å². The molecule has 0 spiro atoms. The Kier molecular flexibility index (Phi) is 13.3. The Morgan fingerprint density at radius 2 is 1.82 bits per heavy atom. The van der Waals surface area contributed by atoms with Crippen LogP contribution in [0.1, 0.15) is 38.3 Å². The number of hydrogen-bond donors (Lipinski definition) is 2. The van der Waals surface area contributed by atoms with Crippen molar-refractivity contribution in [1.82, 2.24) is 10.6 Å². The van der Waals surface area contributed by atoms with Crippen LogP contribution in [0.2, 0.25) is 0 Å². The SMILES string of the molecule is CCNC(=NCc1ccccc1CC)NCCCOCC.I. The smallest absolute Gasteiger partial charge is 0.191 e. The third kappa shape index (κ3) is 8.58. The van der Waals surface area contributed by atoms with Gasteiger partial charge >= 0.3 is 0 Å². The maximum absolute atomic E-state index is 5.33. The predicted molar refractivity (Wildman–Crippen MR) is 105 cm³/mol. The van der Waals surface area contributed by atoms with Gasteiger partial charge in [0.25, 0.3) is 0 Å². The Labute approximate surface area is 152 Å². The van der Waals surface area contributed by atoms with Crippen LogP contribution < -0.4 is 10.6 Å². The van der Waals surface area contributed by atoms with Crippen molar-refractivity contribution in [3.8, 4) is 0 Å². The molecule has 0 radical (unpaired) electrons. The Hall–Kier alpha value is -0.820. The van der Waals surface area contributed by atoms with Gasteiger partial charge in [0.05, 0.1) is 6.54 Å². The largest absolute Gasteiger partial charge is 0.382 e. The van der Waals surface area contributed by atoms with Crippen LogP contribution in [0.3, 0.4) is 0 Å². The van der Waals surface area contributed by atoms with Crippen LogP contribution in [0.15, 0.2) is 29.3 Å². The molecular formula is C17H30IN3O. The predicted octanol–water partition coefficient (Wildman–Crippen LogP) is 3.35. The number of benzene rings is 1. The number of nitrogens with zero attached hydrogens (tertiary/aromatic N) is 1. The summed E-state index contributed by atoms with van der Waals surface area (Å²) < 4.78 is 5.33. The number of aliphatic imine (C=N–C) groups is 1. The number of halogens is 1. The monoisotopic (exact) mass is 419 g/mol. The van der Waals surface area contributed by atoms with Crippen LogP contribution in [0.4, 0.5) is 0 Å². The van der Waals surface area contributed by atoms with E-state index in [0.717, 1.165) is 45.1 Å². The minimum Gasteiger partial charge on any atom is -0.382 e. The summed E-state index contributed by atoms with van der Waals surface area (Å²) in [4.78, 5) is 4.66. The molecule has 0 aliphatic heterocycles. The molecule has 1 aromatic carbocycles. The fourth-order valence-electron chi connectivity index (χ4n) is 2.09. The fraction of sp³-hybridized carbons (Fsp3) is 0.588. The number of nitrogens with one attached hydrogen (secondary N) is 2. The van der Waals surface area contributed by atoms with E-state index in [1.54, 1.807) is 0 Å². The van der Waals surface area contributed by atoms with Crippen LogP contribution in [0, 0.1) is 0 Å². The van der Waals surface area contributed by atoms with Gasteiger partial charge < -0.3 is 15.4 Å². The van der Waals surface area contributed by atoms with Gasteiger partial charge in [-0.15, -0.1) is 24.0 Å². The van der Waals surface area contributed by atoms with Gasteiger partial charge in [0.1, 0.15) is 0 Å². The van der Waals surface area contributed by atoms with Gasteiger partial charge in [-0.3, -0.25) is 0 Å². The molecular weight excluding hydrogens is 389 g/mol. The highest BCUT2D eigenvalue weighted by Gasteiger charge is 2.00. The molecule has 1 rings (SSSR count). The lowest BCUT2D eigenvalue weighted by Crippen LogP contribution is -2.38. The number of aryl methyl sites for hydroxylation is 1. The van der Waals surface area contributed by atoms with Gasteiger partial charge in [0, 0.05) is 26.3 Å². The molecule has 0 atom stereocenters. The second-order valence-electron chi connectivity index (χ2n) is 4.79. The minimum atomic E-state index is 0.